The van der Waals surface area contributed by atoms with Crippen LogP contribution in [0.4, 0.5) is 0 Å². The first-order valence-electron chi connectivity index (χ1n) is 11.0. The minimum Gasteiger partial charge on any atom is -0.329 e. The molecule has 0 unspecified atom stereocenters. The van der Waals surface area contributed by atoms with Gasteiger partial charge >= 0.3 is 0 Å². The largest absolute Gasteiger partial charge is 0.329 e. The van der Waals surface area contributed by atoms with Gasteiger partial charge in [-0.05, 0) is 22.8 Å². The average Bonchev–Trinajstić information content (AvgIpc) is 3.12. The molecule has 0 atom stereocenters. The predicted octanol–water partition coefficient (Wildman–Crippen LogP) is 4.55. The van der Waals surface area contributed by atoms with Gasteiger partial charge in [-0.15, -0.1) is 5.92 Å². The van der Waals surface area contributed by atoms with Crippen LogP contribution >= 0.6 is 0 Å². The molecule has 3 heteroatoms. The van der Waals surface area contributed by atoms with Crippen molar-refractivity contribution in [2.24, 2.45) is 0 Å². The number of nitrogens with zero attached hydrogens (tertiary/aromatic N) is 2. The summed E-state index contributed by atoms with van der Waals surface area (Å²) in [5, 5.41) is 0. The second kappa shape index (κ2) is 8.79. The van der Waals surface area contributed by atoms with Gasteiger partial charge in [-0.25, -0.2) is 0 Å². The molecule has 3 aromatic carbocycles. The molecule has 3 nitrogen and oxygen atoms in total. The Morgan fingerprint density at radius 1 is 0.806 bits per heavy atom. The fourth-order valence-corrected chi connectivity index (χ4v) is 4.58. The number of amides is 1. The van der Waals surface area contributed by atoms with Crippen molar-refractivity contribution in [3.8, 4) is 11.8 Å². The fourth-order valence-electron chi connectivity index (χ4n) is 4.58. The minimum atomic E-state index is 0.180. The molecule has 0 saturated carbocycles. The van der Waals surface area contributed by atoms with Crippen molar-refractivity contribution < 1.29 is 4.79 Å². The first kappa shape index (κ1) is 19.6. The maximum Gasteiger partial charge on any atom is 0.254 e. The van der Waals surface area contributed by atoms with Gasteiger partial charge in [0.05, 0.1) is 12.6 Å². The van der Waals surface area contributed by atoms with Crippen molar-refractivity contribution in [1.29, 1.82) is 0 Å². The summed E-state index contributed by atoms with van der Waals surface area (Å²) in [7, 11) is 0. The molecule has 2 aliphatic heterocycles. The highest BCUT2D eigenvalue weighted by atomic mass is 16.2. The summed E-state index contributed by atoms with van der Waals surface area (Å²) in [6.07, 6.45) is 0.811. The Morgan fingerprint density at radius 3 is 2.06 bits per heavy atom. The maximum absolute atomic E-state index is 12.6. The van der Waals surface area contributed by atoms with Crippen LogP contribution in [0.5, 0.6) is 0 Å². The van der Waals surface area contributed by atoms with Crippen molar-refractivity contribution in [1.82, 2.24) is 9.80 Å². The van der Waals surface area contributed by atoms with Crippen LogP contribution in [-0.2, 0) is 6.54 Å². The van der Waals surface area contributed by atoms with E-state index in [2.05, 4.69) is 83.5 Å². The summed E-state index contributed by atoms with van der Waals surface area (Å²) in [5.41, 5.74) is 4.63. The highest BCUT2D eigenvalue weighted by Crippen LogP contribution is 2.28. The average molecular weight is 407 g/mol. The van der Waals surface area contributed by atoms with E-state index in [4.69, 9.17) is 0 Å². The van der Waals surface area contributed by atoms with E-state index in [0.29, 0.717) is 12.0 Å². The van der Waals surface area contributed by atoms with E-state index in [1.165, 1.54) is 11.1 Å². The third kappa shape index (κ3) is 4.13. The molecule has 1 saturated heterocycles. The van der Waals surface area contributed by atoms with Gasteiger partial charge in [0, 0.05) is 37.5 Å². The summed E-state index contributed by atoms with van der Waals surface area (Å²) in [6, 6.07) is 29.5. The zero-order chi connectivity index (χ0) is 21.0. The van der Waals surface area contributed by atoms with Gasteiger partial charge in [0.15, 0.2) is 0 Å². The normalized spacial score (nSPS) is 16.0. The molecule has 0 bridgehead atoms. The monoisotopic (exact) mass is 406 g/mol. The third-order valence-corrected chi connectivity index (χ3v) is 6.37. The minimum absolute atomic E-state index is 0.180. The lowest BCUT2D eigenvalue weighted by Gasteiger charge is -2.43. The molecule has 2 aliphatic rings. The van der Waals surface area contributed by atoms with Crippen molar-refractivity contribution in [2.45, 2.75) is 24.9 Å². The second-order valence-corrected chi connectivity index (χ2v) is 8.37. The van der Waals surface area contributed by atoms with E-state index in [1.54, 1.807) is 0 Å². The first-order chi connectivity index (χ1) is 15.3. The molecule has 0 radical (unpaired) electrons. The Hall–Kier alpha value is -3.35. The molecule has 5 rings (SSSR count). The van der Waals surface area contributed by atoms with Crippen LogP contribution in [0.15, 0.2) is 84.9 Å². The van der Waals surface area contributed by atoms with Crippen LogP contribution in [0.3, 0.4) is 0 Å². The van der Waals surface area contributed by atoms with Crippen molar-refractivity contribution in [2.75, 3.05) is 19.6 Å². The van der Waals surface area contributed by atoms with Gasteiger partial charge in [0.1, 0.15) is 0 Å². The fraction of sp³-hybridized carbons (Fsp3) is 0.250. The van der Waals surface area contributed by atoms with Gasteiger partial charge < -0.3 is 4.90 Å². The van der Waals surface area contributed by atoms with E-state index in [9.17, 15) is 4.79 Å². The third-order valence-electron chi connectivity index (χ3n) is 6.37. The van der Waals surface area contributed by atoms with Gasteiger partial charge in [-0.3, -0.25) is 9.69 Å². The maximum atomic E-state index is 12.6. The first-order valence-corrected chi connectivity index (χ1v) is 11.0. The van der Waals surface area contributed by atoms with Gasteiger partial charge in [-0.1, -0.05) is 84.8 Å². The van der Waals surface area contributed by atoms with Crippen LogP contribution < -0.4 is 0 Å². The smallest absolute Gasteiger partial charge is 0.254 e. The molecule has 2 heterocycles. The molecule has 154 valence electrons. The summed E-state index contributed by atoms with van der Waals surface area (Å²) >= 11 is 0. The Balaban J connectivity index is 1.16. The van der Waals surface area contributed by atoms with Crippen LogP contribution in [0, 0.1) is 11.8 Å². The molecule has 0 N–H and O–H groups in total. The quantitative estimate of drug-likeness (QED) is 0.580. The number of benzene rings is 3. The van der Waals surface area contributed by atoms with E-state index in [1.807, 2.05) is 23.1 Å². The lowest BCUT2D eigenvalue weighted by molar-refractivity contribution is 0.0340. The molecule has 3 aromatic rings. The summed E-state index contributed by atoms with van der Waals surface area (Å²) in [4.78, 5) is 17.0. The zero-order valence-electron chi connectivity index (χ0n) is 17.6. The Morgan fingerprint density at radius 2 is 1.42 bits per heavy atom. The van der Waals surface area contributed by atoms with Crippen LogP contribution in [0.2, 0.25) is 0 Å². The van der Waals surface area contributed by atoms with E-state index in [0.717, 1.165) is 43.7 Å². The van der Waals surface area contributed by atoms with Crippen molar-refractivity contribution in [3.05, 3.63) is 107 Å². The van der Waals surface area contributed by atoms with Gasteiger partial charge in [-0.2, -0.15) is 0 Å². The zero-order valence-corrected chi connectivity index (χ0v) is 17.6. The van der Waals surface area contributed by atoms with E-state index >= 15 is 0 Å². The van der Waals surface area contributed by atoms with E-state index in [-0.39, 0.29) is 5.91 Å². The molecule has 31 heavy (non-hydrogen) atoms. The number of carbonyl (C=O) groups is 1. The molecule has 0 aromatic heterocycles. The topological polar surface area (TPSA) is 23.6 Å². The van der Waals surface area contributed by atoms with Crippen molar-refractivity contribution >= 4 is 5.91 Å². The number of fused-ring (bicyclic) bond motifs is 1. The van der Waals surface area contributed by atoms with Crippen LogP contribution in [-0.4, -0.2) is 41.4 Å². The molecule has 1 fully saturated rings. The Bertz CT molecular complexity index is 1070. The number of likely N-dealkylation sites (tertiary alicyclic amines) is 1. The number of carbonyl (C=O) groups excluding carboxylic acids is 1. The summed E-state index contributed by atoms with van der Waals surface area (Å²) < 4.78 is 0. The molecular formula is C28H26N2O. The number of hydrogen-bond acceptors (Lipinski definition) is 2. The molecule has 0 spiro atoms. The summed E-state index contributed by atoms with van der Waals surface area (Å²) in [6.45, 7) is 3.33. The highest BCUT2D eigenvalue weighted by Gasteiger charge is 2.38. The standard InChI is InChI=1S/C28H26N2O/c31-28-27-17-8-7-15-24(27)19-30(28)25-20-29(21-25)18-10-9-16-26(22-11-3-1-4-12-22)23-13-5-2-6-14-23/h1-8,11-15,17,25-26H,16,18-21H2. The molecular weight excluding hydrogens is 380 g/mol. The van der Waals surface area contributed by atoms with Crippen LogP contribution in [0.1, 0.15) is 39.4 Å². The van der Waals surface area contributed by atoms with Crippen LogP contribution in [0.25, 0.3) is 0 Å². The Kier molecular flexibility index (Phi) is 5.56. The predicted molar refractivity (Wildman–Crippen MR) is 124 cm³/mol. The lowest BCUT2D eigenvalue weighted by atomic mass is 9.89. The van der Waals surface area contributed by atoms with Gasteiger partial charge in [0.25, 0.3) is 5.91 Å². The highest BCUT2D eigenvalue weighted by molar-refractivity contribution is 5.98. The lowest BCUT2D eigenvalue weighted by Crippen LogP contribution is -2.59. The summed E-state index contributed by atoms with van der Waals surface area (Å²) in [5.74, 6) is 7.26. The van der Waals surface area contributed by atoms with Gasteiger partial charge in [0.2, 0.25) is 0 Å². The molecule has 0 aliphatic carbocycles. The molecule has 1 amide bonds. The Labute approximate surface area is 184 Å². The second-order valence-electron chi connectivity index (χ2n) is 8.37. The van der Waals surface area contributed by atoms with E-state index < -0.39 is 0 Å². The number of hydrogen-bond donors (Lipinski definition) is 0. The number of rotatable bonds is 5. The van der Waals surface area contributed by atoms with Crippen molar-refractivity contribution in [3.63, 3.8) is 0 Å². The SMILES string of the molecule is O=C1c2ccccc2CN1C1CN(CC#CCC(c2ccccc2)c2ccccc2)C1.